The minimum atomic E-state index is -5.08. The first-order chi connectivity index (χ1) is 9.14. The van der Waals surface area contributed by atoms with Crippen molar-refractivity contribution in [1.82, 2.24) is 5.32 Å². The molecule has 5 nitrogen and oxygen atoms in total. The third-order valence-corrected chi connectivity index (χ3v) is 1.97. The number of carboxylic acid groups (broad SMARTS) is 1. The Bertz CT molecular complexity index is 433. The Labute approximate surface area is 113 Å². The van der Waals surface area contributed by atoms with Gasteiger partial charge in [0.1, 0.15) is 0 Å². The second-order valence-corrected chi connectivity index (χ2v) is 3.79. The third kappa shape index (κ3) is 8.09. The van der Waals surface area contributed by atoms with Gasteiger partial charge in [0.25, 0.3) is 0 Å². The zero-order valence-corrected chi connectivity index (χ0v) is 10.6. The molecule has 0 aromatic heterocycles. The van der Waals surface area contributed by atoms with Gasteiger partial charge in [-0.15, -0.1) is 0 Å². The highest BCUT2D eigenvalue weighted by molar-refractivity contribution is 5.80. The van der Waals surface area contributed by atoms with Crippen LogP contribution in [0.3, 0.4) is 0 Å². The zero-order valence-electron chi connectivity index (χ0n) is 10.6. The molecule has 0 fully saturated rings. The van der Waals surface area contributed by atoms with Gasteiger partial charge in [-0.2, -0.15) is 13.2 Å². The number of alkyl halides is 3. The summed E-state index contributed by atoms with van der Waals surface area (Å²) in [5.41, 5.74) is 6.47. The lowest BCUT2D eigenvalue weighted by molar-refractivity contribution is -0.192. The minimum absolute atomic E-state index is 0.121. The molecule has 1 aromatic carbocycles. The van der Waals surface area contributed by atoms with Gasteiger partial charge in [0, 0.05) is 6.54 Å². The molecule has 0 unspecified atom stereocenters. The van der Waals surface area contributed by atoms with Gasteiger partial charge in [-0.05, 0) is 12.5 Å². The fraction of sp³-hybridized carbons (Fsp3) is 0.333. The van der Waals surface area contributed by atoms with Crippen molar-refractivity contribution in [2.24, 2.45) is 5.73 Å². The monoisotopic (exact) mass is 292 g/mol. The van der Waals surface area contributed by atoms with E-state index in [0.717, 1.165) is 5.56 Å². The first-order valence-corrected chi connectivity index (χ1v) is 5.52. The number of benzene rings is 1. The molecule has 1 atom stereocenters. The molecule has 112 valence electrons. The number of carbonyl (C=O) groups is 2. The van der Waals surface area contributed by atoms with Crippen LogP contribution in [0, 0.1) is 0 Å². The molecule has 0 radical (unpaired) electrons. The Morgan fingerprint density at radius 3 is 2.10 bits per heavy atom. The van der Waals surface area contributed by atoms with Crippen molar-refractivity contribution in [1.29, 1.82) is 0 Å². The summed E-state index contributed by atoms with van der Waals surface area (Å²) in [6, 6.07) is 9.30. The van der Waals surface area contributed by atoms with E-state index in [1.165, 1.54) is 0 Å². The summed E-state index contributed by atoms with van der Waals surface area (Å²) < 4.78 is 31.7. The molecular formula is C12H15F3N2O3. The van der Waals surface area contributed by atoms with Crippen molar-refractivity contribution in [3.05, 3.63) is 35.9 Å². The Morgan fingerprint density at radius 2 is 1.75 bits per heavy atom. The lowest BCUT2D eigenvalue weighted by Crippen LogP contribution is -2.37. The number of carbonyl (C=O) groups excluding carboxylic acids is 1. The number of halogens is 3. The highest BCUT2D eigenvalue weighted by atomic mass is 19.4. The van der Waals surface area contributed by atoms with E-state index in [1.54, 1.807) is 6.92 Å². The molecule has 0 saturated carbocycles. The molecule has 0 heterocycles. The molecule has 0 aliphatic rings. The third-order valence-electron chi connectivity index (χ3n) is 1.97. The quantitative estimate of drug-likeness (QED) is 0.782. The van der Waals surface area contributed by atoms with Crippen LogP contribution in [-0.2, 0) is 16.1 Å². The van der Waals surface area contributed by atoms with Crippen molar-refractivity contribution in [3.63, 3.8) is 0 Å². The standard InChI is InChI=1S/C10H14N2O.C2HF3O2/c1-8(11)10(13)12-7-9-5-3-2-4-6-9;3-2(4,5)1(6)7/h2-6,8H,7,11H2,1H3,(H,12,13);(H,6,7)/t8-;/m0./s1. The van der Waals surface area contributed by atoms with Gasteiger partial charge in [0.15, 0.2) is 0 Å². The van der Waals surface area contributed by atoms with E-state index in [2.05, 4.69) is 5.32 Å². The van der Waals surface area contributed by atoms with Crippen LogP contribution in [0.25, 0.3) is 0 Å². The average molecular weight is 292 g/mol. The van der Waals surface area contributed by atoms with Crippen LogP contribution in [0.2, 0.25) is 0 Å². The van der Waals surface area contributed by atoms with E-state index in [1.807, 2.05) is 30.3 Å². The Hall–Kier alpha value is -2.09. The number of carboxylic acids is 1. The minimum Gasteiger partial charge on any atom is -0.475 e. The van der Waals surface area contributed by atoms with E-state index >= 15 is 0 Å². The number of rotatable bonds is 3. The largest absolute Gasteiger partial charge is 0.490 e. The summed E-state index contributed by atoms with van der Waals surface area (Å²) in [6.45, 7) is 2.21. The highest BCUT2D eigenvalue weighted by Gasteiger charge is 2.38. The highest BCUT2D eigenvalue weighted by Crippen LogP contribution is 2.13. The number of aliphatic carboxylic acids is 1. The van der Waals surface area contributed by atoms with Crippen LogP contribution < -0.4 is 11.1 Å². The topological polar surface area (TPSA) is 92.4 Å². The molecule has 1 amide bonds. The van der Waals surface area contributed by atoms with E-state index in [9.17, 15) is 18.0 Å². The molecule has 8 heteroatoms. The second-order valence-electron chi connectivity index (χ2n) is 3.79. The molecule has 0 aliphatic carbocycles. The number of nitrogens with two attached hydrogens (primary N) is 1. The second kappa shape index (κ2) is 8.16. The summed E-state index contributed by atoms with van der Waals surface area (Å²) in [7, 11) is 0. The molecule has 20 heavy (non-hydrogen) atoms. The van der Waals surface area contributed by atoms with Crippen LogP contribution in [0.1, 0.15) is 12.5 Å². The number of amides is 1. The maximum atomic E-state index is 11.1. The Balaban J connectivity index is 0.000000441. The fourth-order valence-electron chi connectivity index (χ4n) is 0.946. The first-order valence-electron chi connectivity index (χ1n) is 5.52. The first kappa shape index (κ1) is 17.9. The number of nitrogens with one attached hydrogen (secondary N) is 1. The maximum Gasteiger partial charge on any atom is 0.490 e. The molecule has 4 N–H and O–H groups in total. The van der Waals surface area contributed by atoms with Gasteiger partial charge in [-0.1, -0.05) is 30.3 Å². The van der Waals surface area contributed by atoms with Crippen molar-refractivity contribution in [2.75, 3.05) is 0 Å². The van der Waals surface area contributed by atoms with Crippen molar-refractivity contribution >= 4 is 11.9 Å². The van der Waals surface area contributed by atoms with Crippen LogP contribution in [-0.4, -0.2) is 29.2 Å². The van der Waals surface area contributed by atoms with Crippen molar-refractivity contribution in [3.8, 4) is 0 Å². The van der Waals surface area contributed by atoms with Gasteiger partial charge in [0.2, 0.25) is 5.91 Å². The van der Waals surface area contributed by atoms with Gasteiger partial charge < -0.3 is 16.2 Å². The number of hydrogen-bond donors (Lipinski definition) is 3. The Morgan fingerprint density at radius 1 is 1.30 bits per heavy atom. The maximum absolute atomic E-state index is 11.1. The molecular weight excluding hydrogens is 277 g/mol. The summed E-state index contributed by atoms with van der Waals surface area (Å²) in [5, 5.41) is 9.86. The molecule has 1 rings (SSSR count). The van der Waals surface area contributed by atoms with Crippen LogP contribution >= 0.6 is 0 Å². The molecule has 0 spiro atoms. The summed E-state index contributed by atoms with van der Waals surface area (Å²) in [6.07, 6.45) is -5.08. The van der Waals surface area contributed by atoms with Gasteiger partial charge in [-0.3, -0.25) is 4.79 Å². The fourth-order valence-corrected chi connectivity index (χ4v) is 0.946. The smallest absolute Gasteiger partial charge is 0.475 e. The number of hydrogen-bond acceptors (Lipinski definition) is 3. The van der Waals surface area contributed by atoms with Crippen LogP contribution in [0.4, 0.5) is 13.2 Å². The summed E-state index contributed by atoms with van der Waals surface area (Å²) in [4.78, 5) is 20.0. The predicted octanol–water partition coefficient (Wildman–Crippen LogP) is 1.28. The van der Waals surface area contributed by atoms with Gasteiger partial charge >= 0.3 is 12.1 Å². The lowest BCUT2D eigenvalue weighted by Gasteiger charge is -2.06. The zero-order chi connectivity index (χ0) is 15.8. The SMILES string of the molecule is C[C@H](N)C(=O)NCc1ccccc1.O=C(O)C(F)(F)F. The van der Waals surface area contributed by atoms with Crippen molar-refractivity contribution in [2.45, 2.75) is 25.7 Å². The van der Waals surface area contributed by atoms with Crippen LogP contribution in [0.5, 0.6) is 0 Å². The summed E-state index contributed by atoms with van der Waals surface area (Å²) >= 11 is 0. The van der Waals surface area contributed by atoms with E-state index in [0.29, 0.717) is 6.54 Å². The normalized spacial score (nSPS) is 11.8. The van der Waals surface area contributed by atoms with Crippen molar-refractivity contribution < 1.29 is 27.9 Å². The Kier molecular flexibility index (Phi) is 7.30. The van der Waals surface area contributed by atoms with Crippen LogP contribution in [0.15, 0.2) is 30.3 Å². The summed E-state index contributed by atoms with van der Waals surface area (Å²) in [5.74, 6) is -2.88. The molecule has 1 aromatic rings. The molecule has 0 saturated heterocycles. The van der Waals surface area contributed by atoms with Gasteiger partial charge in [0.05, 0.1) is 6.04 Å². The average Bonchev–Trinajstić information content (AvgIpc) is 2.36. The molecule has 0 bridgehead atoms. The van der Waals surface area contributed by atoms with E-state index < -0.39 is 18.2 Å². The van der Waals surface area contributed by atoms with E-state index in [4.69, 9.17) is 15.6 Å². The lowest BCUT2D eigenvalue weighted by atomic mass is 10.2. The van der Waals surface area contributed by atoms with Gasteiger partial charge in [-0.25, -0.2) is 4.79 Å². The predicted molar refractivity (Wildman–Crippen MR) is 65.6 cm³/mol. The van der Waals surface area contributed by atoms with E-state index in [-0.39, 0.29) is 5.91 Å². The molecule has 0 aliphatic heterocycles.